The Balaban J connectivity index is 1.57. The van der Waals surface area contributed by atoms with Gasteiger partial charge in [-0.15, -0.1) is 11.3 Å². The second-order valence-corrected chi connectivity index (χ2v) is 9.24. The van der Waals surface area contributed by atoms with Crippen LogP contribution in [0.2, 0.25) is 0 Å². The number of hydrogen-bond acceptors (Lipinski definition) is 7. The third-order valence-corrected chi connectivity index (χ3v) is 7.18. The van der Waals surface area contributed by atoms with Gasteiger partial charge in [0, 0.05) is 17.1 Å². The van der Waals surface area contributed by atoms with Gasteiger partial charge in [-0.25, -0.2) is 9.79 Å². The number of rotatable bonds is 8. The Kier molecular flexibility index (Phi) is 7.12. The van der Waals surface area contributed by atoms with Gasteiger partial charge in [0.2, 0.25) is 5.91 Å². The number of nitrogens with zero attached hydrogens (tertiary/aromatic N) is 2. The molecule has 1 atom stereocenters. The fourth-order valence-corrected chi connectivity index (χ4v) is 5.52. The summed E-state index contributed by atoms with van der Waals surface area (Å²) in [5, 5.41) is 7.79. The molecule has 6 nitrogen and oxygen atoms in total. The number of thioether (sulfide) groups is 1. The van der Waals surface area contributed by atoms with Crippen LogP contribution < -0.4 is 5.32 Å². The summed E-state index contributed by atoms with van der Waals surface area (Å²) >= 11 is 3.18. The van der Waals surface area contributed by atoms with Gasteiger partial charge in [0.15, 0.2) is 5.17 Å². The highest BCUT2D eigenvalue weighted by atomic mass is 32.2. The fourth-order valence-electron chi connectivity index (χ4n) is 3.87. The first kappa shape index (κ1) is 22.4. The largest absolute Gasteiger partial charge is 0.466 e. The highest BCUT2D eigenvalue weighted by Gasteiger charge is 2.41. The van der Waals surface area contributed by atoms with Crippen molar-refractivity contribution in [1.82, 2.24) is 10.2 Å². The van der Waals surface area contributed by atoms with Crippen molar-refractivity contribution in [1.29, 1.82) is 0 Å². The minimum atomic E-state index is -0.393. The van der Waals surface area contributed by atoms with E-state index < -0.39 is 5.97 Å². The number of benzene rings is 1. The molecule has 0 unspecified atom stereocenters. The van der Waals surface area contributed by atoms with Crippen molar-refractivity contribution in [3.63, 3.8) is 0 Å². The lowest BCUT2D eigenvalue weighted by Crippen LogP contribution is -2.38. The standard InChI is InChI=1S/C24H25N3O3S2/c1-3-19-21(23(29)30-2)22(16-8-5-4-6-9-16)27-17(15-32-24(27)26-19)14-20(28)25-12-11-18-10-7-13-31-18/h4-10,13,15,22H,3,11-12,14H2,1-2H3,(H,25,28)/t22-/m1/s1. The summed E-state index contributed by atoms with van der Waals surface area (Å²) in [6.45, 7) is 2.57. The molecule has 166 valence electrons. The number of amides is 1. The number of carbonyl (C=O) groups is 2. The third kappa shape index (κ3) is 4.66. The van der Waals surface area contributed by atoms with Gasteiger partial charge in [-0.2, -0.15) is 0 Å². The monoisotopic (exact) mass is 467 g/mol. The number of thiophene rings is 1. The molecule has 0 saturated carbocycles. The molecule has 3 heterocycles. The number of ether oxygens (including phenoxy) is 1. The Morgan fingerprint density at radius 3 is 2.69 bits per heavy atom. The summed E-state index contributed by atoms with van der Waals surface area (Å²) in [7, 11) is 1.39. The SMILES string of the molecule is CCC1=C(C(=O)OC)[C@@H](c2ccccc2)N2C(CC(=O)NCCc3cccs3)=CSC2=N1. The number of carbonyl (C=O) groups excluding carboxylic acids is 2. The van der Waals surface area contributed by atoms with E-state index in [1.54, 1.807) is 11.3 Å². The van der Waals surface area contributed by atoms with E-state index in [4.69, 9.17) is 9.73 Å². The summed E-state index contributed by atoms with van der Waals surface area (Å²) in [4.78, 5) is 33.5. The normalized spacial score (nSPS) is 17.6. The Hall–Kier alpha value is -2.84. The summed E-state index contributed by atoms with van der Waals surface area (Å²) < 4.78 is 5.13. The van der Waals surface area contributed by atoms with Crippen LogP contribution in [0, 0.1) is 0 Å². The zero-order chi connectivity index (χ0) is 22.5. The Morgan fingerprint density at radius 1 is 1.19 bits per heavy atom. The van der Waals surface area contributed by atoms with Crippen LogP contribution >= 0.6 is 23.1 Å². The maximum Gasteiger partial charge on any atom is 0.338 e. The minimum absolute atomic E-state index is 0.0497. The van der Waals surface area contributed by atoms with Crippen LogP contribution in [0.4, 0.5) is 0 Å². The van der Waals surface area contributed by atoms with E-state index in [1.807, 2.05) is 59.0 Å². The molecule has 0 aliphatic carbocycles. The minimum Gasteiger partial charge on any atom is -0.466 e. The molecule has 4 rings (SSSR count). The molecule has 2 aliphatic heterocycles. The Labute approximate surface area is 196 Å². The van der Waals surface area contributed by atoms with Crippen LogP contribution in [0.5, 0.6) is 0 Å². The van der Waals surface area contributed by atoms with Crippen molar-refractivity contribution in [2.24, 2.45) is 4.99 Å². The number of allylic oxidation sites excluding steroid dienone is 1. The van der Waals surface area contributed by atoms with E-state index in [2.05, 4.69) is 11.4 Å². The zero-order valence-electron chi connectivity index (χ0n) is 18.0. The number of esters is 1. The fraction of sp³-hybridized carbons (Fsp3) is 0.292. The van der Waals surface area contributed by atoms with Gasteiger partial charge in [-0.3, -0.25) is 4.79 Å². The molecule has 1 amide bonds. The molecule has 0 spiro atoms. The van der Waals surface area contributed by atoms with Crippen molar-refractivity contribution >= 4 is 40.1 Å². The average molecular weight is 468 g/mol. The number of amidine groups is 1. The van der Waals surface area contributed by atoms with E-state index in [0.29, 0.717) is 18.5 Å². The lowest BCUT2D eigenvalue weighted by molar-refractivity contribution is -0.136. The van der Waals surface area contributed by atoms with Gasteiger partial charge in [0.1, 0.15) is 0 Å². The number of methoxy groups -OCH3 is 1. The van der Waals surface area contributed by atoms with Crippen molar-refractivity contribution in [3.05, 3.63) is 80.7 Å². The predicted molar refractivity (Wildman–Crippen MR) is 129 cm³/mol. The molecule has 1 aromatic carbocycles. The van der Waals surface area contributed by atoms with E-state index in [9.17, 15) is 9.59 Å². The van der Waals surface area contributed by atoms with Crippen LogP contribution in [0.3, 0.4) is 0 Å². The zero-order valence-corrected chi connectivity index (χ0v) is 19.7. The van der Waals surface area contributed by atoms with Crippen molar-refractivity contribution < 1.29 is 14.3 Å². The maximum atomic E-state index is 12.8. The van der Waals surface area contributed by atoms with Crippen LogP contribution in [-0.4, -0.2) is 35.6 Å². The molecule has 2 aromatic rings. The first-order chi connectivity index (χ1) is 15.6. The summed E-state index contributed by atoms with van der Waals surface area (Å²) in [5.41, 5.74) is 3.03. The van der Waals surface area contributed by atoms with Crippen LogP contribution in [0.25, 0.3) is 0 Å². The number of aliphatic imine (C=N–C) groups is 1. The van der Waals surface area contributed by atoms with Crippen LogP contribution in [-0.2, 0) is 20.7 Å². The molecule has 2 aliphatic rings. The molecule has 1 N–H and O–H groups in total. The van der Waals surface area contributed by atoms with Gasteiger partial charge >= 0.3 is 5.97 Å². The topological polar surface area (TPSA) is 71.0 Å². The third-order valence-electron chi connectivity index (χ3n) is 5.36. The molecule has 0 saturated heterocycles. The van der Waals surface area contributed by atoms with E-state index in [-0.39, 0.29) is 18.4 Å². The Bertz CT molecular complexity index is 1080. The van der Waals surface area contributed by atoms with Gasteiger partial charge in [-0.05, 0) is 35.3 Å². The smallest absolute Gasteiger partial charge is 0.338 e. The summed E-state index contributed by atoms with van der Waals surface area (Å²) in [6.07, 6.45) is 1.65. The molecule has 32 heavy (non-hydrogen) atoms. The van der Waals surface area contributed by atoms with E-state index in [0.717, 1.165) is 28.5 Å². The molecule has 1 aromatic heterocycles. The molecular weight excluding hydrogens is 442 g/mol. The molecule has 8 heteroatoms. The molecule has 0 radical (unpaired) electrons. The molecule has 0 bridgehead atoms. The highest BCUT2D eigenvalue weighted by Crippen LogP contribution is 2.45. The Morgan fingerprint density at radius 2 is 2.00 bits per heavy atom. The first-order valence-corrected chi connectivity index (χ1v) is 12.3. The quantitative estimate of drug-likeness (QED) is 0.573. The highest BCUT2D eigenvalue weighted by molar-refractivity contribution is 8.16. The van der Waals surface area contributed by atoms with E-state index >= 15 is 0 Å². The van der Waals surface area contributed by atoms with Crippen molar-refractivity contribution in [2.45, 2.75) is 32.2 Å². The van der Waals surface area contributed by atoms with Gasteiger partial charge < -0.3 is 15.0 Å². The average Bonchev–Trinajstić information content (AvgIpc) is 3.48. The second-order valence-electron chi connectivity index (χ2n) is 7.37. The van der Waals surface area contributed by atoms with Crippen molar-refractivity contribution in [2.75, 3.05) is 13.7 Å². The van der Waals surface area contributed by atoms with Crippen molar-refractivity contribution in [3.8, 4) is 0 Å². The molecule has 0 fully saturated rings. The van der Waals surface area contributed by atoms with E-state index in [1.165, 1.54) is 23.7 Å². The lowest BCUT2D eigenvalue weighted by atomic mass is 9.93. The van der Waals surface area contributed by atoms with Gasteiger partial charge in [0.25, 0.3) is 0 Å². The van der Waals surface area contributed by atoms with Gasteiger partial charge in [-0.1, -0.05) is 55.1 Å². The van der Waals surface area contributed by atoms with Gasteiger partial charge in [0.05, 0.1) is 30.8 Å². The maximum absolute atomic E-state index is 12.8. The lowest BCUT2D eigenvalue weighted by Gasteiger charge is -2.36. The summed E-state index contributed by atoms with van der Waals surface area (Å²) in [5.74, 6) is -0.443. The van der Waals surface area contributed by atoms with Crippen LogP contribution in [0.15, 0.2) is 75.2 Å². The molecular formula is C24H25N3O3S2. The number of nitrogens with one attached hydrogen (secondary N) is 1. The second kappa shape index (κ2) is 10.2. The number of fused-ring (bicyclic) bond motifs is 1. The predicted octanol–water partition coefficient (Wildman–Crippen LogP) is 4.64. The summed E-state index contributed by atoms with van der Waals surface area (Å²) in [6, 6.07) is 13.5. The first-order valence-electron chi connectivity index (χ1n) is 10.5. The number of hydrogen-bond donors (Lipinski definition) is 1. The van der Waals surface area contributed by atoms with Crippen LogP contribution in [0.1, 0.15) is 36.2 Å².